The fraction of sp³-hybridized carbons (Fsp3) is 0.176. The number of benzene rings is 2. The van der Waals surface area contributed by atoms with Crippen molar-refractivity contribution in [3.63, 3.8) is 0 Å². The quantitative estimate of drug-likeness (QED) is 0.719. The third kappa shape index (κ3) is 3.11. The van der Waals surface area contributed by atoms with E-state index in [1.807, 2.05) is 36.4 Å². The second-order valence-corrected chi connectivity index (χ2v) is 4.75. The summed E-state index contributed by atoms with van der Waals surface area (Å²) >= 11 is 0. The molecule has 0 saturated heterocycles. The van der Waals surface area contributed by atoms with Gasteiger partial charge in [0, 0.05) is 17.2 Å². The molecule has 0 atom stereocenters. The SMILES string of the molecule is COc1ccc(-c2noc(-c3cc(OC)cc(OC)c3)n2)cc1. The lowest BCUT2D eigenvalue weighted by Gasteiger charge is -2.05. The topological polar surface area (TPSA) is 66.6 Å². The molecule has 23 heavy (non-hydrogen) atoms. The highest BCUT2D eigenvalue weighted by molar-refractivity contribution is 5.63. The van der Waals surface area contributed by atoms with Crippen molar-refractivity contribution in [3.05, 3.63) is 42.5 Å². The molecule has 0 aliphatic rings. The number of ether oxygens (including phenoxy) is 3. The molecule has 118 valence electrons. The van der Waals surface area contributed by atoms with Crippen LogP contribution >= 0.6 is 0 Å². The Bertz CT molecular complexity index is 774. The number of nitrogens with zero attached hydrogens (tertiary/aromatic N) is 2. The molecule has 6 nitrogen and oxygen atoms in total. The predicted molar refractivity (Wildman–Crippen MR) is 84.8 cm³/mol. The van der Waals surface area contributed by atoms with Crippen LogP contribution < -0.4 is 14.2 Å². The van der Waals surface area contributed by atoms with E-state index in [0.29, 0.717) is 23.2 Å². The van der Waals surface area contributed by atoms with Crippen LogP contribution in [-0.4, -0.2) is 31.5 Å². The zero-order valence-corrected chi connectivity index (χ0v) is 13.1. The molecule has 0 fully saturated rings. The molecular formula is C17H16N2O4. The fourth-order valence-corrected chi connectivity index (χ4v) is 2.13. The minimum Gasteiger partial charge on any atom is -0.497 e. The number of hydrogen-bond donors (Lipinski definition) is 0. The summed E-state index contributed by atoms with van der Waals surface area (Å²) in [7, 11) is 4.81. The Kier molecular flexibility index (Phi) is 4.14. The Morgan fingerprint density at radius 3 is 1.91 bits per heavy atom. The van der Waals surface area contributed by atoms with Gasteiger partial charge in [-0.15, -0.1) is 0 Å². The summed E-state index contributed by atoms with van der Waals surface area (Å²) in [5, 5.41) is 4.02. The van der Waals surface area contributed by atoms with Crippen molar-refractivity contribution in [1.82, 2.24) is 10.1 Å². The van der Waals surface area contributed by atoms with Crippen LogP contribution in [0.1, 0.15) is 0 Å². The third-order valence-electron chi connectivity index (χ3n) is 3.37. The van der Waals surface area contributed by atoms with Gasteiger partial charge in [0.05, 0.1) is 21.3 Å². The van der Waals surface area contributed by atoms with Gasteiger partial charge in [-0.25, -0.2) is 0 Å². The van der Waals surface area contributed by atoms with Gasteiger partial charge in [-0.3, -0.25) is 0 Å². The van der Waals surface area contributed by atoms with Crippen LogP contribution in [0.2, 0.25) is 0 Å². The van der Waals surface area contributed by atoms with Crippen LogP contribution in [0.4, 0.5) is 0 Å². The molecule has 0 amide bonds. The van der Waals surface area contributed by atoms with Crippen LogP contribution in [-0.2, 0) is 0 Å². The first-order valence-electron chi connectivity index (χ1n) is 6.95. The average Bonchev–Trinajstić information content (AvgIpc) is 3.11. The maximum absolute atomic E-state index is 5.36. The van der Waals surface area contributed by atoms with Gasteiger partial charge in [-0.1, -0.05) is 5.16 Å². The lowest BCUT2D eigenvalue weighted by Crippen LogP contribution is -1.89. The Balaban J connectivity index is 1.94. The average molecular weight is 312 g/mol. The van der Waals surface area contributed by atoms with Gasteiger partial charge in [0.1, 0.15) is 17.2 Å². The Morgan fingerprint density at radius 1 is 0.739 bits per heavy atom. The van der Waals surface area contributed by atoms with Crippen LogP contribution in [0.25, 0.3) is 22.8 Å². The zero-order chi connectivity index (χ0) is 16.2. The van der Waals surface area contributed by atoms with Gasteiger partial charge in [-0.2, -0.15) is 4.98 Å². The van der Waals surface area contributed by atoms with Crippen molar-refractivity contribution in [2.45, 2.75) is 0 Å². The number of hydrogen-bond acceptors (Lipinski definition) is 6. The van der Waals surface area contributed by atoms with E-state index in [4.69, 9.17) is 18.7 Å². The first-order valence-corrected chi connectivity index (χ1v) is 6.95. The third-order valence-corrected chi connectivity index (χ3v) is 3.37. The molecule has 3 rings (SSSR count). The highest BCUT2D eigenvalue weighted by atomic mass is 16.5. The van der Waals surface area contributed by atoms with Crippen LogP contribution in [0.3, 0.4) is 0 Å². The second kappa shape index (κ2) is 6.39. The largest absolute Gasteiger partial charge is 0.497 e. The molecule has 0 N–H and O–H groups in total. The van der Waals surface area contributed by atoms with Crippen LogP contribution in [0.15, 0.2) is 47.0 Å². The standard InChI is InChI=1S/C17H16N2O4/c1-20-13-6-4-11(5-7-13)16-18-17(23-19-16)12-8-14(21-2)10-15(9-12)22-3/h4-10H,1-3H3. The molecule has 0 aliphatic heterocycles. The lowest BCUT2D eigenvalue weighted by molar-refractivity contribution is 0.393. The van der Waals surface area contributed by atoms with Gasteiger partial charge in [-0.05, 0) is 36.4 Å². The van der Waals surface area contributed by atoms with Crippen molar-refractivity contribution < 1.29 is 18.7 Å². The first-order chi connectivity index (χ1) is 11.2. The van der Waals surface area contributed by atoms with E-state index in [1.54, 1.807) is 27.4 Å². The summed E-state index contributed by atoms with van der Waals surface area (Å²) in [4.78, 5) is 4.43. The normalized spacial score (nSPS) is 10.4. The van der Waals surface area contributed by atoms with Crippen molar-refractivity contribution in [2.75, 3.05) is 21.3 Å². The summed E-state index contributed by atoms with van der Waals surface area (Å²) in [6.45, 7) is 0. The smallest absolute Gasteiger partial charge is 0.258 e. The first kappa shape index (κ1) is 14.9. The molecular weight excluding hydrogens is 296 g/mol. The molecule has 3 aromatic rings. The number of methoxy groups -OCH3 is 3. The predicted octanol–water partition coefficient (Wildman–Crippen LogP) is 3.43. The zero-order valence-electron chi connectivity index (χ0n) is 13.1. The molecule has 6 heteroatoms. The molecule has 0 unspecified atom stereocenters. The lowest BCUT2D eigenvalue weighted by atomic mass is 10.2. The highest BCUT2D eigenvalue weighted by Gasteiger charge is 2.13. The van der Waals surface area contributed by atoms with Gasteiger partial charge < -0.3 is 18.7 Å². The fourth-order valence-electron chi connectivity index (χ4n) is 2.13. The molecule has 0 radical (unpaired) electrons. The number of rotatable bonds is 5. The Labute approximate surface area is 133 Å². The molecule has 0 aliphatic carbocycles. The highest BCUT2D eigenvalue weighted by Crippen LogP contribution is 2.30. The minimum atomic E-state index is 0.396. The second-order valence-electron chi connectivity index (χ2n) is 4.75. The van der Waals surface area contributed by atoms with E-state index in [0.717, 1.165) is 16.9 Å². The van der Waals surface area contributed by atoms with E-state index in [1.165, 1.54) is 0 Å². The summed E-state index contributed by atoms with van der Waals surface area (Å²) in [6, 6.07) is 12.9. The van der Waals surface area contributed by atoms with Crippen molar-refractivity contribution in [1.29, 1.82) is 0 Å². The Hall–Kier alpha value is -3.02. The maximum Gasteiger partial charge on any atom is 0.258 e. The molecule has 1 heterocycles. The van der Waals surface area contributed by atoms with E-state index in [2.05, 4.69) is 10.1 Å². The molecule has 1 aromatic heterocycles. The van der Waals surface area contributed by atoms with E-state index in [9.17, 15) is 0 Å². The summed E-state index contributed by atoms with van der Waals surface area (Å²) < 4.78 is 21.0. The van der Waals surface area contributed by atoms with Crippen LogP contribution in [0, 0.1) is 0 Å². The maximum atomic E-state index is 5.36. The molecule has 2 aromatic carbocycles. The molecule has 0 bridgehead atoms. The van der Waals surface area contributed by atoms with Gasteiger partial charge in [0.25, 0.3) is 5.89 Å². The molecule has 0 saturated carbocycles. The molecule has 0 spiro atoms. The van der Waals surface area contributed by atoms with Gasteiger partial charge >= 0.3 is 0 Å². The van der Waals surface area contributed by atoms with E-state index >= 15 is 0 Å². The van der Waals surface area contributed by atoms with Crippen LogP contribution in [0.5, 0.6) is 17.2 Å². The Morgan fingerprint density at radius 2 is 1.35 bits per heavy atom. The van der Waals surface area contributed by atoms with Gasteiger partial charge in [0.2, 0.25) is 5.82 Å². The monoisotopic (exact) mass is 312 g/mol. The summed E-state index contributed by atoms with van der Waals surface area (Å²) in [5.74, 6) is 2.99. The van der Waals surface area contributed by atoms with E-state index in [-0.39, 0.29) is 0 Å². The number of aromatic nitrogens is 2. The van der Waals surface area contributed by atoms with Gasteiger partial charge in [0.15, 0.2) is 0 Å². The summed E-state index contributed by atoms with van der Waals surface area (Å²) in [5.41, 5.74) is 1.57. The van der Waals surface area contributed by atoms with Crippen molar-refractivity contribution in [3.8, 4) is 40.1 Å². The van der Waals surface area contributed by atoms with E-state index < -0.39 is 0 Å². The van der Waals surface area contributed by atoms with Crippen molar-refractivity contribution in [2.24, 2.45) is 0 Å². The summed E-state index contributed by atoms with van der Waals surface area (Å²) in [6.07, 6.45) is 0. The van der Waals surface area contributed by atoms with Crippen molar-refractivity contribution >= 4 is 0 Å². The minimum absolute atomic E-state index is 0.396.